The molecule has 1 unspecified atom stereocenters. The topological polar surface area (TPSA) is 98.8 Å². The van der Waals surface area contributed by atoms with Gasteiger partial charge in [-0.05, 0) is 37.6 Å². The van der Waals surface area contributed by atoms with Crippen LogP contribution in [0, 0.1) is 5.82 Å². The van der Waals surface area contributed by atoms with E-state index in [1.165, 1.54) is 12.3 Å². The van der Waals surface area contributed by atoms with Crippen molar-refractivity contribution in [3.63, 3.8) is 0 Å². The van der Waals surface area contributed by atoms with Gasteiger partial charge in [0.25, 0.3) is 11.8 Å². The molecule has 0 saturated heterocycles. The lowest BCUT2D eigenvalue weighted by molar-refractivity contribution is 0.568. The molecule has 2 aromatic carbocycles. The van der Waals surface area contributed by atoms with Gasteiger partial charge in [-0.1, -0.05) is 37.6 Å². The van der Waals surface area contributed by atoms with Crippen molar-refractivity contribution in [2.75, 3.05) is 0 Å². The SMILES string of the molecule is CCCC(C)S(=O)(=O)c1ccc(-c2cncc(-c3nnc(-c4ccccc4F)o3)n2)cc1. The molecular formula is C23H21FN4O3S. The van der Waals surface area contributed by atoms with Crippen LogP contribution in [0.25, 0.3) is 34.3 Å². The first-order valence-electron chi connectivity index (χ1n) is 10.1. The number of aromatic nitrogens is 4. The maximum absolute atomic E-state index is 14.0. The maximum Gasteiger partial charge on any atom is 0.268 e. The lowest BCUT2D eigenvalue weighted by Gasteiger charge is -2.12. The second-order valence-corrected chi connectivity index (χ2v) is 9.72. The fourth-order valence-corrected chi connectivity index (χ4v) is 4.81. The molecular weight excluding hydrogens is 431 g/mol. The molecule has 164 valence electrons. The molecule has 2 aromatic heterocycles. The molecule has 1 atom stereocenters. The van der Waals surface area contributed by atoms with Crippen LogP contribution in [-0.2, 0) is 9.84 Å². The molecule has 9 heteroatoms. The minimum Gasteiger partial charge on any atom is -0.414 e. The summed E-state index contributed by atoms with van der Waals surface area (Å²) in [4.78, 5) is 8.95. The summed E-state index contributed by atoms with van der Waals surface area (Å²) in [5.74, 6) is -0.322. The van der Waals surface area contributed by atoms with E-state index in [2.05, 4.69) is 20.2 Å². The van der Waals surface area contributed by atoms with E-state index in [0.717, 1.165) is 6.42 Å². The van der Waals surface area contributed by atoms with Gasteiger partial charge in [0.1, 0.15) is 11.5 Å². The first-order chi connectivity index (χ1) is 15.4. The van der Waals surface area contributed by atoms with E-state index in [9.17, 15) is 12.8 Å². The summed E-state index contributed by atoms with van der Waals surface area (Å²) < 4.78 is 44.9. The van der Waals surface area contributed by atoms with Crippen LogP contribution in [0.3, 0.4) is 0 Å². The number of nitrogens with zero attached hydrogens (tertiary/aromatic N) is 4. The van der Waals surface area contributed by atoms with Crippen molar-refractivity contribution in [1.29, 1.82) is 0 Å². The maximum atomic E-state index is 14.0. The zero-order valence-electron chi connectivity index (χ0n) is 17.6. The fourth-order valence-electron chi connectivity index (χ4n) is 3.29. The number of hydrogen-bond donors (Lipinski definition) is 0. The third-order valence-electron chi connectivity index (χ3n) is 5.09. The summed E-state index contributed by atoms with van der Waals surface area (Å²) in [7, 11) is -3.38. The van der Waals surface area contributed by atoms with Crippen molar-refractivity contribution < 1.29 is 17.2 Å². The first kappa shape index (κ1) is 21.8. The van der Waals surface area contributed by atoms with Crippen molar-refractivity contribution in [2.45, 2.75) is 36.8 Å². The number of benzene rings is 2. The average Bonchev–Trinajstić information content (AvgIpc) is 3.30. The van der Waals surface area contributed by atoms with Crippen LogP contribution in [0.15, 0.2) is 70.2 Å². The number of sulfone groups is 1. The highest BCUT2D eigenvalue weighted by Crippen LogP contribution is 2.27. The molecule has 0 fully saturated rings. The fraction of sp³-hybridized carbons (Fsp3) is 0.217. The quantitative estimate of drug-likeness (QED) is 0.391. The third kappa shape index (κ3) is 4.29. The normalized spacial score (nSPS) is 12.6. The highest BCUT2D eigenvalue weighted by molar-refractivity contribution is 7.92. The predicted octanol–water partition coefficient (Wildman–Crippen LogP) is 4.96. The molecule has 0 aliphatic carbocycles. The second-order valence-electron chi connectivity index (χ2n) is 7.35. The summed E-state index contributed by atoms with van der Waals surface area (Å²) >= 11 is 0. The van der Waals surface area contributed by atoms with Crippen molar-refractivity contribution in [3.05, 3.63) is 66.7 Å². The van der Waals surface area contributed by atoms with Crippen molar-refractivity contribution in [2.24, 2.45) is 0 Å². The van der Waals surface area contributed by atoms with Crippen molar-refractivity contribution >= 4 is 9.84 Å². The van der Waals surface area contributed by atoms with Gasteiger partial charge in [-0.3, -0.25) is 4.98 Å². The summed E-state index contributed by atoms with van der Waals surface area (Å²) in [6, 6.07) is 12.7. The Balaban J connectivity index is 1.61. The van der Waals surface area contributed by atoms with Crippen LogP contribution in [0.2, 0.25) is 0 Å². The lowest BCUT2D eigenvalue weighted by atomic mass is 10.1. The average molecular weight is 453 g/mol. The number of hydrogen-bond acceptors (Lipinski definition) is 7. The van der Waals surface area contributed by atoms with Crippen LogP contribution in [-0.4, -0.2) is 33.8 Å². The molecule has 4 rings (SSSR count). The van der Waals surface area contributed by atoms with Gasteiger partial charge in [-0.15, -0.1) is 10.2 Å². The van der Waals surface area contributed by atoms with Gasteiger partial charge < -0.3 is 4.42 Å². The van der Waals surface area contributed by atoms with Gasteiger partial charge in [-0.2, -0.15) is 0 Å². The van der Waals surface area contributed by atoms with Crippen molar-refractivity contribution in [3.8, 4) is 34.3 Å². The summed E-state index contributed by atoms with van der Waals surface area (Å²) in [5, 5.41) is 7.42. The molecule has 0 N–H and O–H groups in total. The van der Waals surface area contributed by atoms with E-state index in [4.69, 9.17) is 4.42 Å². The molecule has 2 heterocycles. The molecule has 32 heavy (non-hydrogen) atoms. The second kappa shape index (κ2) is 8.96. The first-order valence-corrected chi connectivity index (χ1v) is 11.7. The molecule has 7 nitrogen and oxygen atoms in total. The number of halogens is 1. The van der Waals surface area contributed by atoms with Gasteiger partial charge in [0.15, 0.2) is 9.84 Å². The minimum atomic E-state index is -3.38. The summed E-state index contributed by atoms with van der Waals surface area (Å²) in [6.07, 6.45) is 4.43. The van der Waals surface area contributed by atoms with Gasteiger partial charge in [0.2, 0.25) is 0 Å². The Morgan fingerprint density at radius 1 is 0.969 bits per heavy atom. The van der Waals surface area contributed by atoms with E-state index >= 15 is 0 Å². The van der Waals surface area contributed by atoms with Crippen molar-refractivity contribution in [1.82, 2.24) is 20.2 Å². The molecule has 0 aliphatic heterocycles. The highest BCUT2D eigenvalue weighted by atomic mass is 32.2. The predicted molar refractivity (Wildman–Crippen MR) is 118 cm³/mol. The van der Waals surface area contributed by atoms with E-state index in [0.29, 0.717) is 23.4 Å². The van der Waals surface area contributed by atoms with Gasteiger partial charge in [-0.25, -0.2) is 17.8 Å². The molecule has 0 bridgehead atoms. The van der Waals surface area contributed by atoms with Gasteiger partial charge >= 0.3 is 0 Å². The smallest absolute Gasteiger partial charge is 0.268 e. The molecule has 0 amide bonds. The zero-order valence-corrected chi connectivity index (χ0v) is 18.4. The largest absolute Gasteiger partial charge is 0.414 e. The van der Waals surface area contributed by atoms with Crippen LogP contribution in [0.1, 0.15) is 26.7 Å². The Kier molecular flexibility index (Phi) is 6.09. The lowest BCUT2D eigenvalue weighted by Crippen LogP contribution is -2.17. The molecule has 0 spiro atoms. The van der Waals surface area contributed by atoms with E-state index in [1.54, 1.807) is 55.6 Å². The van der Waals surface area contributed by atoms with Crippen LogP contribution < -0.4 is 0 Å². The van der Waals surface area contributed by atoms with Crippen LogP contribution in [0.4, 0.5) is 4.39 Å². The molecule has 4 aromatic rings. The zero-order chi connectivity index (χ0) is 22.7. The Bertz CT molecular complexity index is 1340. The molecule has 0 saturated carbocycles. The number of rotatable bonds is 7. The summed E-state index contributed by atoms with van der Waals surface area (Å²) in [6.45, 7) is 3.69. The molecule has 0 radical (unpaired) electrons. The Hall–Kier alpha value is -3.46. The third-order valence-corrected chi connectivity index (χ3v) is 7.31. The van der Waals surface area contributed by atoms with Gasteiger partial charge in [0, 0.05) is 5.56 Å². The molecule has 0 aliphatic rings. The van der Waals surface area contributed by atoms with E-state index < -0.39 is 20.9 Å². The van der Waals surface area contributed by atoms with Crippen LogP contribution in [0.5, 0.6) is 0 Å². The Labute approximate surface area is 185 Å². The monoisotopic (exact) mass is 452 g/mol. The minimum absolute atomic E-state index is 0.0426. The van der Waals surface area contributed by atoms with Crippen LogP contribution >= 0.6 is 0 Å². The van der Waals surface area contributed by atoms with E-state index in [-0.39, 0.29) is 22.2 Å². The highest BCUT2D eigenvalue weighted by Gasteiger charge is 2.22. The summed E-state index contributed by atoms with van der Waals surface area (Å²) in [5.41, 5.74) is 1.73. The Morgan fingerprint density at radius 2 is 1.66 bits per heavy atom. The van der Waals surface area contributed by atoms with E-state index in [1.807, 2.05) is 6.92 Å². The Morgan fingerprint density at radius 3 is 2.38 bits per heavy atom. The standard InChI is InChI=1S/C23H21FN4O3S/c1-3-6-15(2)32(29,30)17-11-9-16(10-12-17)20-13-25-14-21(26-20)23-28-27-22(31-23)18-7-4-5-8-19(18)24/h4-5,7-15H,3,6H2,1-2H3. The van der Waals surface area contributed by atoms with Gasteiger partial charge in [0.05, 0.1) is 33.8 Å².